The summed E-state index contributed by atoms with van der Waals surface area (Å²) in [5, 5.41) is 2.78. The Balaban J connectivity index is 2.15. The van der Waals surface area contributed by atoms with Crippen molar-refractivity contribution in [2.45, 2.75) is 18.1 Å². The van der Waals surface area contributed by atoms with Crippen LogP contribution in [0, 0.1) is 6.92 Å². The number of benzene rings is 1. The average molecular weight is 340 g/mol. The normalized spacial score (nSPS) is 11.8. The van der Waals surface area contributed by atoms with Crippen LogP contribution >= 0.6 is 11.3 Å². The molecule has 2 aromatic rings. The number of anilines is 1. The first-order chi connectivity index (χ1) is 10.4. The zero-order valence-electron chi connectivity index (χ0n) is 11.7. The third-order valence-corrected chi connectivity index (χ3v) is 4.42. The van der Waals surface area contributed by atoms with Crippen molar-refractivity contribution in [3.8, 4) is 5.75 Å². The number of carbonyl (C=O) groups excluding carboxylic acids is 2. The average Bonchev–Trinajstić information content (AvgIpc) is 2.86. The van der Waals surface area contributed by atoms with Gasteiger partial charge in [-0.05, 0) is 30.7 Å². The number of carbonyl (C=O) groups is 2. The summed E-state index contributed by atoms with van der Waals surface area (Å²) in [5.41, 5.74) is 1.01. The van der Waals surface area contributed by atoms with Crippen molar-refractivity contribution in [1.82, 2.24) is 4.98 Å². The van der Waals surface area contributed by atoms with E-state index in [1.54, 1.807) is 13.0 Å². The second kappa shape index (κ2) is 6.77. The van der Waals surface area contributed by atoms with Crippen molar-refractivity contribution in [1.29, 1.82) is 0 Å². The lowest BCUT2D eigenvalue weighted by Gasteiger charge is -2.07. The van der Waals surface area contributed by atoms with E-state index >= 15 is 0 Å². The molecule has 0 aliphatic carbocycles. The smallest absolute Gasteiger partial charge is 0.308 e. The number of amides is 1. The molecular weight excluding hydrogens is 328 g/mol. The molecule has 0 bridgehead atoms. The van der Waals surface area contributed by atoms with E-state index in [2.05, 4.69) is 10.3 Å². The molecule has 1 amide bonds. The van der Waals surface area contributed by atoms with Crippen LogP contribution in [0.4, 0.5) is 5.13 Å². The van der Waals surface area contributed by atoms with Gasteiger partial charge >= 0.3 is 5.97 Å². The van der Waals surface area contributed by atoms with Gasteiger partial charge in [0.25, 0.3) is 5.91 Å². The Morgan fingerprint density at radius 2 is 2.14 bits per heavy atom. The molecule has 22 heavy (non-hydrogen) atoms. The van der Waals surface area contributed by atoms with Gasteiger partial charge < -0.3 is 9.29 Å². The van der Waals surface area contributed by atoms with Gasteiger partial charge in [0, 0.05) is 12.5 Å². The summed E-state index contributed by atoms with van der Waals surface area (Å²) in [7, 11) is 0. The van der Waals surface area contributed by atoms with Crippen LogP contribution in [-0.4, -0.2) is 25.6 Å². The number of aromatic nitrogens is 1. The van der Waals surface area contributed by atoms with E-state index in [0.717, 1.165) is 11.3 Å². The molecule has 0 saturated carbocycles. The molecule has 0 aliphatic heterocycles. The maximum absolute atomic E-state index is 12.2. The largest absolute Gasteiger partial charge is 0.427 e. The van der Waals surface area contributed by atoms with E-state index in [9.17, 15) is 13.8 Å². The molecule has 116 valence electrons. The SMILES string of the molecule is CC(=O)Oc1ccc(C(=O)Nc2ncc(S(=O)O)s2)c(C)c1. The van der Waals surface area contributed by atoms with Crippen molar-refractivity contribution in [3.63, 3.8) is 0 Å². The minimum Gasteiger partial charge on any atom is -0.427 e. The van der Waals surface area contributed by atoms with E-state index < -0.39 is 23.0 Å². The van der Waals surface area contributed by atoms with Crippen LogP contribution in [0.1, 0.15) is 22.8 Å². The highest BCUT2D eigenvalue weighted by atomic mass is 32.2. The van der Waals surface area contributed by atoms with Crippen LogP contribution in [0.15, 0.2) is 28.6 Å². The van der Waals surface area contributed by atoms with Crippen molar-refractivity contribution in [2.24, 2.45) is 0 Å². The van der Waals surface area contributed by atoms with Gasteiger partial charge in [0.2, 0.25) is 0 Å². The minimum atomic E-state index is -2.12. The first-order valence-corrected chi connectivity index (χ1v) is 7.96. The van der Waals surface area contributed by atoms with E-state index in [0.29, 0.717) is 16.9 Å². The van der Waals surface area contributed by atoms with Gasteiger partial charge in [0.05, 0.1) is 6.20 Å². The summed E-state index contributed by atoms with van der Waals surface area (Å²) in [4.78, 5) is 26.9. The summed E-state index contributed by atoms with van der Waals surface area (Å²) in [5.74, 6) is -0.492. The number of esters is 1. The monoisotopic (exact) mass is 340 g/mol. The number of nitrogens with one attached hydrogen (secondary N) is 1. The molecule has 1 aromatic heterocycles. The molecule has 7 nitrogen and oxygen atoms in total. The first-order valence-electron chi connectivity index (χ1n) is 6.04. The fourth-order valence-corrected chi connectivity index (χ4v) is 2.89. The van der Waals surface area contributed by atoms with Crippen LogP contribution in [0.3, 0.4) is 0 Å². The number of aryl methyl sites for hydroxylation is 1. The Morgan fingerprint density at radius 3 is 2.68 bits per heavy atom. The quantitative estimate of drug-likeness (QED) is 0.502. The standard InChI is InChI=1S/C13H12N2O5S2/c1-7-5-9(20-8(2)16)3-4-10(7)12(17)15-13-14-6-11(21-13)22(18)19/h3-6H,1-2H3,(H,18,19)(H,14,15,17). The summed E-state index contributed by atoms with van der Waals surface area (Å²) < 4.78 is 24.9. The zero-order valence-corrected chi connectivity index (χ0v) is 13.3. The predicted octanol–water partition coefficient (Wildman–Crippen LogP) is 2.21. The topological polar surface area (TPSA) is 106 Å². The lowest BCUT2D eigenvalue weighted by molar-refractivity contribution is -0.131. The number of thiazole rings is 1. The molecule has 1 heterocycles. The van der Waals surface area contributed by atoms with Crippen LogP contribution in [0.2, 0.25) is 0 Å². The van der Waals surface area contributed by atoms with E-state index in [-0.39, 0.29) is 9.34 Å². The zero-order chi connectivity index (χ0) is 16.3. The fourth-order valence-electron chi connectivity index (χ4n) is 1.68. The molecular formula is C13H12N2O5S2. The Morgan fingerprint density at radius 1 is 1.41 bits per heavy atom. The Hall–Kier alpha value is -2.10. The number of ether oxygens (including phenoxy) is 1. The van der Waals surface area contributed by atoms with Crippen LogP contribution < -0.4 is 10.1 Å². The van der Waals surface area contributed by atoms with Gasteiger partial charge in [-0.15, -0.1) is 0 Å². The maximum Gasteiger partial charge on any atom is 0.308 e. The lowest BCUT2D eigenvalue weighted by atomic mass is 10.1. The second-order valence-electron chi connectivity index (χ2n) is 4.26. The highest BCUT2D eigenvalue weighted by Gasteiger charge is 2.14. The number of rotatable bonds is 4. The van der Waals surface area contributed by atoms with Crippen molar-refractivity contribution in [3.05, 3.63) is 35.5 Å². The molecule has 2 rings (SSSR count). The Bertz CT molecular complexity index is 757. The third kappa shape index (κ3) is 3.97. The van der Waals surface area contributed by atoms with Gasteiger partial charge in [-0.25, -0.2) is 9.19 Å². The summed E-state index contributed by atoms with van der Waals surface area (Å²) >= 11 is -1.21. The summed E-state index contributed by atoms with van der Waals surface area (Å²) in [6.45, 7) is 3.00. The van der Waals surface area contributed by atoms with Gasteiger partial charge in [0.15, 0.2) is 16.2 Å². The minimum absolute atomic E-state index is 0.150. The Kier molecular flexibility index (Phi) is 5.01. The van der Waals surface area contributed by atoms with Crippen molar-refractivity contribution in [2.75, 3.05) is 5.32 Å². The summed E-state index contributed by atoms with van der Waals surface area (Å²) in [6, 6.07) is 4.62. The fraction of sp³-hybridized carbons (Fsp3) is 0.154. The number of hydrogen-bond acceptors (Lipinski definition) is 6. The highest BCUT2D eigenvalue weighted by molar-refractivity contribution is 7.81. The molecule has 0 spiro atoms. The van der Waals surface area contributed by atoms with E-state index in [1.165, 1.54) is 25.3 Å². The molecule has 1 atom stereocenters. The summed E-state index contributed by atoms with van der Waals surface area (Å²) in [6.07, 6.45) is 1.23. The molecule has 2 N–H and O–H groups in total. The molecule has 1 unspecified atom stereocenters. The first kappa shape index (κ1) is 16.3. The number of nitrogens with zero attached hydrogens (tertiary/aromatic N) is 1. The highest BCUT2D eigenvalue weighted by Crippen LogP contribution is 2.23. The van der Waals surface area contributed by atoms with E-state index in [4.69, 9.17) is 9.29 Å². The molecule has 0 radical (unpaired) electrons. The van der Waals surface area contributed by atoms with Gasteiger partial charge in [-0.1, -0.05) is 11.3 Å². The third-order valence-electron chi connectivity index (χ3n) is 2.58. The second-order valence-corrected chi connectivity index (χ2v) is 6.49. The van der Waals surface area contributed by atoms with Gasteiger partial charge in [0.1, 0.15) is 9.96 Å². The number of hydrogen-bond donors (Lipinski definition) is 2. The molecule has 0 aliphatic rings. The van der Waals surface area contributed by atoms with Crippen molar-refractivity contribution >= 4 is 39.4 Å². The molecule has 1 aromatic carbocycles. The van der Waals surface area contributed by atoms with Gasteiger partial charge in [-0.2, -0.15) is 0 Å². The van der Waals surface area contributed by atoms with Crippen LogP contribution in [0.5, 0.6) is 5.75 Å². The van der Waals surface area contributed by atoms with Gasteiger partial charge in [-0.3, -0.25) is 14.9 Å². The predicted molar refractivity (Wildman–Crippen MR) is 81.6 cm³/mol. The van der Waals surface area contributed by atoms with Crippen LogP contribution in [0.25, 0.3) is 0 Å². The molecule has 0 fully saturated rings. The van der Waals surface area contributed by atoms with Crippen LogP contribution in [-0.2, 0) is 15.9 Å². The molecule has 9 heteroatoms. The van der Waals surface area contributed by atoms with Crippen molar-refractivity contribution < 1.29 is 23.1 Å². The maximum atomic E-state index is 12.2. The Labute approximate surface area is 132 Å². The van der Waals surface area contributed by atoms with E-state index in [1.807, 2.05) is 0 Å². The molecule has 0 saturated heterocycles. The lowest BCUT2D eigenvalue weighted by Crippen LogP contribution is -2.13.